The van der Waals surface area contributed by atoms with Crippen molar-refractivity contribution in [2.45, 2.75) is 58.7 Å². The number of fused-ring (bicyclic) bond motifs is 1. The van der Waals surface area contributed by atoms with Crippen LogP contribution in [0.3, 0.4) is 0 Å². The third kappa shape index (κ3) is 3.56. The van der Waals surface area contributed by atoms with Crippen molar-refractivity contribution in [3.05, 3.63) is 17.5 Å². The van der Waals surface area contributed by atoms with Crippen molar-refractivity contribution < 1.29 is 9.26 Å². The van der Waals surface area contributed by atoms with Crippen LogP contribution in [0.4, 0.5) is 0 Å². The maximum Gasteiger partial charge on any atom is 0.191 e. The zero-order chi connectivity index (χ0) is 16.6. The molecule has 2 N–H and O–H groups in total. The van der Waals surface area contributed by atoms with Gasteiger partial charge < -0.3 is 19.9 Å². The molecule has 1 aliphatic carbocycles. The lowest BCUT2D eigenvalue weighted by Gasteiger charge is -2.54. The van der Waals surface area contributed by atoms with Crippen molar-refractivity contribution in [2.75, 3.05) is 13.7 Å². The monoisotopic (exact) mass is 448 g/mol. The minimum absolute atomic E-state index is 0. The number of ether oxygens (including phenoxy) is 1. The number of guanidine groups is 1. The van der Waals surface area contributed by atoms with E-state index in [4.69, 9.17) is 9.26 Å². The zero-order valence-electron chi connectivity index (χ0n) is 15.1. The summed E-state index contributed by atoms with van der Waals surface area (Å²) in [6, 6.07) is 2.39. The van der Waals surface area contributed by atoms with E-state index in [1.54, 1.807) is 7.05 Å². The van der Waals surface area contributed by atoms with Crippen LogP contribution in [0.1, 0.15) is 51.5 Å². The number of aliphatic imine (C=N–C) groups is 1. The summed E-state index contributed by atoms with van der Waals surface area (Å²) in [4.78, 5) is 4.34. The lowest BCUT2D eigenvalue weighted by molar-refractivity contribution is -0.106. The Labute approximate surface area is 161 Å². The lowest BCUT2D eigenvalue weighted by atomic mass is 9.57. The van der Waals surface area contributed by atoms with Gasteiger partial charge in [-0.15, -0.1) is 24.0 Å². The van der Waals surface area contributed by atoms with E-state index in [1.807, 2.05) is 6.07 Å². The smallest absolute Gasteiger partial charge is 0.191 e. The number of rotatable bonds is 4. The van der Waals surface area contributed by atoms with Gasteiger partial charge in [0.15, 0.2) is 11.7 Å². The van der Waals surface area contributed by atoms with Crippen LogP contribution in [-0.2, 0) is 11.3 Å². The van der Waals surface area contributed by atoms with Gasteiger partial charge in [0, 0.05) is 37.1 Å². The van der Waals surface area contributed by atoms with Crippen LogP contribution in [0.25, 0.3) is 0 Å². The highest BCUT2D eigenvalue weighted by atomic mass is 127. The molecule has 2 aliphatic rings. The molecule has 0 aromatic carbocycles. The molecular weight excluding hydrogens is 419 g/mol. The summed E-state index contributed by atoms with van der Waals surface area (Å²) in [5.74, 6) is 2.59. The molecule has 0 spiro atoms. The van der Waals surface area contributed by atoms with Crippen molar-refractivity contribution in [3.8, 4) is 0 Å². The molecule has 6 nitrogen and oxygen atoms in total. The Morgan fingerprint density at radius 3 is 2.83 bits per heavy atom. The van der Waals surface area contributed by atoms with Crippen LogP contribution in [0.15, 0.2) is 15.6 Å². The summed E-state index contributed by atoms with van der Waals surface area (Å²) < 4.78 is 11.2. The molecule has 3 rings (SSSR count). The second-order valence-corrected chi connectivity index (χ2v) is 7.49. The molecule has 3 unspecified atom stereocenters. The van der Waals surface area contributed by atoms with E-state index in [-0.39, 0.29) is 29.4 Å². The summed E-state index contributed by atoms with van der Waals surface area (Å²) in [5, 5.41) is 11.0. The Morgan fingerprint density at radius 2 is 2.21 bits per heavy atom. The van der Waals surface area contributed by atoms with Crippen LogP contribution in [0.2, 0.25) is 0 Å². The minimum atomic E-state index is 0. The molecule has 1 aromatic heterocycles. The molecule has 0 radical (unpaired) electrons. The van der Waals surface area contributed by atoms with Gasteiger partial charge >= 0.3 is 0 Å². The van der Waals surface area contributed by atoms with Gasteiger partial charge in [0.2, 0.25) is 0 Å². The third-order valence-electron chi connectivity index (χ3n) is 5.22. The fourth-order valence-electron chi connectivity index (χ4n) is 3.81. The second-order valence-electron chi connectivity index (χ2n) is 7.49. The Kier molecular flexibility index (Phi) is 6.17. The van der Waals surface area contributed by atoms with Gasteiger partial charge in [-0.2, -0.15) is 0 Å². The van der Waals surface area contributed by atoms with Gasteiger partial charge in [-0.1, -0.05) is 32.9 Å². The predicted octanol–water partition coefficient (Wildman–Crippen LogP) is 2.89. The molecule has 2 heterocycles. The van der Waals surface area contributed by atoms with Crippen molar-refractivity contribution in [3.63, 3.8) is 0 Å². The van der Waals surface area contributed by atoms with Crippen molar-refractivity contribution in [2.24, 2.45) is 16.3 Å². The summed E-state index contributed by atoms with van der Waals surface area (Å²) in [6.45, 7) is 10.2. The first-order chi connectivity index (χ1) is 10.9. The van der Waals surface area contributed by atoms with Crippen LogP contribution >= 0.6 is 24.0 Å². The zero-order valence-corrected chi connectivity index (χ0v) is 17.5. The van der Waals surface area contributed by atoms with Crippen LogP contribution in [-0.4, -0.2) is 36.9 Å². The van der Waals surface area contributed by atoms with Crippen molar-refractivity contribution in [1.82, 2.24) is 15.8 Å². The van der Waals surface area contributed by atoms with Gasteiger partial charge in [0.05, 0.1) is 18.3 Å². The van der Waals surface area contributed by atoms with Gasteiger partial charge in [-0.25, -0.2) is 0 Å². The van der Waals surface area contributed by atoms with Crippen molar-refractivity contribution in [1.29, 1.82) is 0 Å². The fourth-order valence-corrected chi connectivity index (χ4v) is 3.81. The summed E-state index contributed by atoms with van der Waals surface area (Å²) in [6.07, 6.45) is 1.50. The number of hydrogen-bond donors (Lipinski definition) is 2. The quantitative estimate of drug-likeness (QED) is 0.421. The van der Waals surface area contributed by atoms with E-state index >= 15 is 0 Å². The van der Waals surface area contributed by atoms with E-state index in [0.717, 1.165) is 30.4 Å². The van der Waals surface area contributed by atoms with Gasteiger partial charge in [0.1, 0.15) is 0 Å². The predicted molar refractivity (Wildman–Crippen MR) is 105 cm³/mol. The molecule has 24 heavy (non-hydrogen) atoms. The summed E-state index contributed by atoms with van der Waals surface area (Å²) >= 11 is 0. The highest BCUT2D eigenvalue weighted by molar-refractivity contribution is 14.0. The van der Waals surface area contributed by atoms with Crippen molar-refractivity contribution >= 4 is 29.9 Å². The molecule has 1 saturated carbocycles. The van der Waals surface area contributed by atoms with Crippen LogP contribution in [0.5, 0.6) is 0 Å². The molecule has 0 bridgehead atoms. The topological polar surface area (TPSA) is 71.7 Å². The second kappa shape index (κ2) is 7.59. The largest absolute Gasteiger partial charge is 0.377 e. The van der Waals surface area contributed by atoms with Gasteiger partial charge in [-0.3, -0.25) is 4.99 Å². The highest BCUT2D eigenvalue weighted by Crippen LogP contribution is 2.52. The standard InChI is InChI=1S/C17H28N4O2.HI/c1-10(2)13-8-11(23-21-13)9-19-16(18-5)20-14-12-6-7-22-15(12)17(14,3)4;/h8,10,12,14-15H,6-7,9H2,1-5H3,(H2,18,19,20);1H. The number of nitrogens with zero attached hydrogens (tertiary/aromatic N) is 2. The molecule has 1 aliphatic heterocycles. The molecular formula is C17H29IN4O2. The maximum absolute atomic E-state index is 5.84. The van der Waals surface area contributed by atoms with E-state index in [9.17, 15) is 0 Å². The fraction of sp³-hybridized carbons (Fsp3) is 0.765. The summed E-state index contributed by atoms with van der Waals surface area (Å²) in [7, 11) is 1.80. The SMILES string of the molecule is CN=C(NCc1cc(C(C)C)no1)NC1C2CCOC2C1(C)C.I. The highest BCUT2D eigenvalue weighted by Gasteiger charge is 2.59. The van der Waals surface area contributed by atoms with E-state index < -0.39 is 0 Å². The van der Waals surface area contributed by atoms with E-state index in [0.29, 0.717) is 30.5 Å². The number of aromatic nitrogens is 1. The molecule has 136 valence electrons. The number of hydrogen-bond acceptors (Lipinski definition) is 4. The minimum Gasteiger partial charge on any atom is -0.377 e. The Balaban J connectivity index is 0.00000208. The average molecular weight is 448 g/mol. The van der Waals surface area contributed by atoms with Crippen LogP contribution < -0.4 is 10.6 Å². The first-order valence-corrected chi connectivity index (χ1v) is 8.47. The first kappa shape index (κ1) is 19.5. The number of nitrogens with one attached hydrogen (secondary N) is 2. The molecule has 2 fully saturated rings. The summed E-state index contributed by atoms with van der Waals surface area (Å²) in [5.41, 5.74) is 1.12. The average Bonchev–Trinajstić information content (AvgIpc) is 3.15. The Morgan fingerprint density at radius 1 is 1.46 bits per heavy atom. The number of halogens is 1. The molecule has 3 atom stereocenters. The molecule has 7 heteroatoms. The third-order valence-corrected chi connectivity index (χ3v) is 5.22. The molecule has 0 amide bonds. The molecule has 1 aromatic rings. The first-order valence-electron chi connectivity index (χ1n) is 8.47. The lowest BCUT2D eigenvalue weighted by Crippen LogP contribution is -2.67. The van der Waals surface area contributed by atoms with Crippen LogP contribution in [0, 0.1) is 11.3 Å². The van der Waals surface area contributed by atoms with Gasteiger partial charge in [-0.05, 0) is 12.3 Å². The molecule has 1 saturated heterocycles. The van der Waals surface area contributed by atoms with Gasteiger partial charge in [0.25, 0.3) is 0 Å². The normalized spacial score (nSPS) is 28.1. The Bertz CT molecular complexity index is 585. The van der Waals surface area contributed by atoms with E-state index in [1.165, 1.54) is 0 Å². The van der Waals surface area contributed by atoms with E-state index in [2.05, 4.69) is 48.5 Å². The maximum atomic E-state index is 5.84. The Hall–Kier alpha value is -0.830.